The highest BCUT2D eigenvalue weighted by Gasteiger charge is 2.27. The fourth-order valence-electron chi connectivity index (χ4n) is 2.30. The molecular weight excluding hydrogens is 339 g/mol. The average Bonchev–Trinajstić information content (AvgIpc) is 2.37. The molecule has 0 spiro atoms. The van der Waals surface area contributed by atoms with E-state index >= 15 is 0 Å². The van der Waals surface area contributed by atoms with E-state index in [2.05, 4.69) is 40.1 Å². The maximum Gasteiger partial charge on any atom is 0.251 e. The van der Waals surface area contributed by atoms with Crippen molar-refractivity contribution in [2.24, 2.45) is 5.41 Å². The molecular formula is C14H19IN2O. The molecule has 0 aromatic heterocycles. The van der Waals surface area contributed by atoms with Gasteiger partial charge in [0.15, 0.2) is 0 Å². The van der Waals surface area contributed by atoms with Gasteiger partial charge in [-0.2, -0.15) is 0 Å². The Morgan fingerprint density at radius 3 is 3.06 bits per heavy atom. The summed E-state index contributed by atoms with van der Waals surface area (Å²) in [5.41, 5.74) is 0.935. The van der Waals surface area contributed by atoms with Crippen LogP contribution in [0.5, 0.6) is 0 Å². The Morgan fingerprint density at radius 2 is 2.39 bits per heavy atom. The topological polar surface area (TPSA) is 41.1 Å². The summed E-state index contributed by atoms with van der Waals surface area (Å²) >= 11 is 2.22. The number of hydrogen-bond acceptors (Lipinski definition) is 2. The maximum atomic E-state index is 12.0. The molecule has 1 fully saturated rings. The van der Waals surface area contributed by atoms with E-state index in [1.54, 1.807) is 0 Å². The number of halogens is 1. The number of carbonyl (C=O) groups excluding carboxylic acids is 1. The minimum Gasteiger partial charge on any atom is -0.351 e. The number of nitrogens with one attached hydrogen (secondary N) is 2. The second-order valence-corrected chi connectivity index (χ2v) is 6.53. The summed E-state index contributed by atoms with van der Waals surface area (Å²) in [6.45, 7) is 5.05. The van der Waals surface area contributed by atoms with Crippen LogP contribution in [0.25, 0.3) is 0 Å². The van der Waals surface area contributed by atoms with Crippen molar-refractivity contribution >= 4 is 28.5 Å². The van der Waals surface area contributed by atoms with Crippen LogP contribution in [-0.2, 0) is 0 Å². The molecule has 98 valence electrons. The third-order valence-electron chi connectivity index (χ3n) is 3.45. The van der Waals surface area contributed by atoms with Crippen molar-refractivity contribution in [3.05, 3.63) is 33.4 Å². The molecule has 1 aromatic rings. The van der Waals surface area contributed by atoms with Gasteiger partial charge in [0.05, 0.1) is 0 Å². The van der Waals surface area contributed by atoms with E-state index in [9.17, 15) is 4.79 Å². The molecule has 1 heterocycles. The Bertz CT molecular complexity index is 428. The summed E-state index contributed by atoms with van der Waals surface area (Å²) in [5.74, 6) is 0.0281. The Kier molecular flexibility index (Phi) is 4.61. The maximum absolute atomic E-state index is 12.0. The lowest BCUT2D eigenvalue weighted by Crippen LogP contribution is -2.45. The van der Waals surface area contributed by atoms with Gasteiger partial charge in [-0.1, -0.05) is 13.0 Å². The zero-order chi connectivity index (χ0) is 13.0. The van der Waals surface area contributed by atoms with Crippen LogP contribution in [0.3, 0.4) is 0 Å². The van der Waals surface area contributed by atoms with Crippen molar-refractivity contribution in [1.82, 2.24) is 10.6 Å². The van der Waals surface area contributed by atoms with Gasteiger partial charge >= 0.3 is 0 Å². The number of hydrogen-bond donors (Lipinski definition) is 2. The molecule has 0 aliphatic carbocycles. The van der Waals surface area contributed by atoms with Crippen LogP contribution in [0.4, 0.5) is 0 Å². The Labute approximate surface area is 122 Å². The quantitative estimate of drug-likeness (QED) is 0.815. The fourth-order valence-corrected chi connectivity index (χ4v) is 2.84. The number of carbonyl (C=O) groups is 1. The first-order chi connectivity index (χ1) is 8.59. The van der Waals surface area contributed by atoms with Crippen molar-refractivity contribution < 1.29 is 4.79 Å². The van der Waals surface area contributed by atoms with Gasteiger partial charge in [-0.3, -0.25) is 4.79 Å². The first-order valence-electron chi connectivity index (χ1n) is 6.34. The summed E-state index contributed by atoms with van der Waals surface area (Å²) in [5, 5.41) is 6.45. The van der Waals surface area contributed by atoms with Gasteiger partial charge in [0, 0.05) is 22.2 Å². The van der Waals surface area contributed by atoms with E-state index in [1.807, 2.05) is 24.3 Å². The largest absolute Gasteiger partial charge is 0.351 e. The van der Waals surface area contributed by atoms with Gasteiger partial charge in [0.25, 0.3) is 5.91 Å². The van der Waals surface area contributed by atoms with E-state index in [1.165, 1.54) is 12.8 Å². The average molecular weight is 358 g/mol. The molecule has 1 amide bonds. The highest BCUT2D eigenvalue weighted by atomic mass is 127. The van der Waals surface area contributed by atoms with Crippen molar-refractivity contribution in [3.63, 3.8) is 0 Å². The first kappa shape index (κ1) is 13.8. The van der Waals surface area contributed by atoms with E-state index in [0.717, 1.165) is 28.8 Å². The summed E-state index contributed by atoms with van der Waals surface area (Å²) in [6.07, 6.45) is 2.36. The molecule has 18 heavy (non-hydrogen) atoms. The van der Waals surface area contributed by atoms with E-state index in [4.69, 9.17) is 0 Å². The number of rotatable bonds is 3. The normalized spacial score (nSPS) is 23.7. The second kappa shape index (κ2) is 6.02. The zero-order valence-corrected chi connectivity index (χ0v) is 12.8. The lowest BCUT2D eigenvalue weighted by atomic mass is 9.83. The minimum absolute atomic E-state index is 0.0281. The predicted octanol–water partition coefficient (Wildman–Crippen LogP) is 2.41. The lowest BCUT2D eigenvalue weighted by molar-refractivity contribution is 0.0924. The third-order valence-corrected chi connectivity index (χ3v) is 4.12. The third kappa shape index (κ3) is 3.68. The van der Waals surface area contributed by atoms with Crippen molar-refractivity contribution in [2.45, 2.75) is 19.8 Å². The molecule has 0 saturated carbocycles. The molecule has 1 aliphatic rings. The van der Waals surface area contributed by atoms with Gasteiger partial charge in [-0.05, 0) is 65.6 Å². The van der Waals surface area contributed by atoms with Crippen LogP contribution in [0.15, 0.2) is 24.3 Å². The van der Waals surface area contributed by atoms with Crippen LogP contribution in [0.2, 0.25) is 0 Å². The van der Waals surface area contributed by atoms with Crippen molar-refractivity contribution in [2.75, 3.05) is 19.6 Å². The van der Waals surface area contributed by atoms with Gasteiger partial charge in [-0.25, -0.2) is 0 Å². The number of benzene rings is 1. The van der Waals surface area contributed by atoms with Gasteiger partial charge < -0.3 is 10.6 Å². The lowest BCUT2D eigenvalue weighted by Gasteiger charge is -2.34. The summed E-state index contributed by atoms with van der Waals surface area (Å²) in [6, 6.07) is 7.68. The molecule has 1 atom stereocenters. The zero-order valence-electron chi connectivity index (χ0n) is 10.6. The monoisotopic (exact) mass is 358 g/mol. The van der Waals surface area contributed by atoms with E-state index in [-0.39, 0.29) is 11.3 Å². The second-order valence-electron chi connectivity index (χ2n) is 5.28. The molecule has 1 aromatic carbocycles. The number of piperidine rings is 1. The van der Waals surface area contributed by atoms with Crippen molar-refractivity contribution in [1.29, 1.82) is 0 Å². The highest BCUT2D eigenvalue weighted by molar-refractivity contribution is 14.1. The van der Waals surface area contributed by atoms with Gasteiger partial charge in [-0.15, -0.1) is 0 Å². The van der Waals surface area contributed by atoms with Gasteiger partial charge in [0.2, 0.25) is 0 Å². The molecule has 2 N–H and O–H groups in total. The molecule has 4 heteroatoms. The molecule has 0 bridgehead atoms. The van der Waals surface area contributed by atoms with Crippen LogP contribution < -0.4 is 10.6 Å². The van der Waals surface area contributed by atoms with Crippen LogP contribution >= 0.6 is 22.6 Å². The standard InChI is InChI=1S/C14H19IN2O/c1-14(6-3-7-16-9-14)10-17-13(18)11-4-2-5-12(15)8-11/h2,4-5,8,16H,3,6-7,9-10H2,1H3,(H,17,18). The Balaban J connectivity index is 1.92. The SMILES string of the molecule is CC1(CNC(=O)c2cccc(I)c2)CCCNC1. The summed E-state index contributed by atoms with van der Waals surface area (Å²) in [7, 11) is 0. The Hall–Kier alpha value is -0.620. The highest BCUT2D eigenvalue weighted by Crippen LogP contribution is 2.24. The minimum atomic E-state index is 0.0281. The predicted molar refractivity (Wildman–Crippen MR) is 81.7 cm³/mol. The van der Waals surface area contributed by atoms with Crippen molar-refractivity contribution in [3.8, 4) is 0 Å². The first-order valence-corrected chi connectivity index (χ1v) is 7.41. The fraction of sp³-hybridized carbons (Fsp3) is 0.500. The van der Waals surface area contributed by atoms with Gasteiger partial charge in [0.1, 0.15) is 0 Å². The molecule has 3 nitrogen and oxygen atoms in total. The molecule has 1 unspecified atom stereocenters. The van der Waals surface area contributed by atoms with E-state index < -0.39 is 0 Å². The molecule has 2 rings (SSSR count). The summed E-state index contributed by atoms with van der Waals surface area (Å²) < 4.78 is 1.09. The smallest absolute Gasteiger partial charge is 0.251 e. The van der Waals surface area contributed by atoms with Crippen LogP contribution in [-0.4, -0.2) is 25.5 Å². The van der Waals surface area contributed by atoms with E-state index in [0.29, 0.717) is 0 Å². The summed E-state index contributed by atoms with van der Waals surface area (Å²) in [4.78, 5) is 12.0. The molecule has 1 saturated heterocycles. The van der Waals surface area contributed by atoms with Crippen LogP contribution in [0.1, 0.15) is 30.1 Å². The van der Waals surface area contributed by atoms with Crippen LogP contribution in [0, 0.1) is 8.99 Å². The molecule has 1 aliphatic heterocycles. The Morgan fingerprint density at radius 1 is 1.56 bits per heavy atom. The molecule has 0 radical (unpaired) electrons. The number of amides is 1.